The number of aryl methyl sites for hydroxylation is 1. The number of nitrogens with zero attached hydrogens (tertiary/aromatic N) is 1. The smallest absolute Gasteiger partial charge is 0.243 e. The third-order valence-electron chi connectivity index (χ3n) is 4.39. The maximum Gasteiger partial charge on any atom is 0.243 e. The molecule has 150 valence electrons. The largest absolute Gasteiger partial charge is 0.325 e. The summed E-state index contributed by atoms with van der Waals surface area (Å²) in [7, 11) is -2.48. The molecule has 0 aliphatic rings. The van der Waals surface area contributed by atoms with Crippen molar-refractivity contribution in [2.24, 2.45) is 0 Å². The van der Waals surface area contributed by atoms with E-state index >= 15 is 0 Å². The molecule has 0 aliphatic carbocycles. The van der Waals surface area contributed by atoms with E-state index in [4.69, 9.17) is 0 Å². The molecule has 0 saturated heterocycles. The Hall–Kier alpha value is -2.51. The van der Waals surface area contributed by atoms with Crippen LogP contribution in [0.1, 0.15) is 42.6 Å². The van der Waals surface area contributed by atoms with E-state index in [2.05, 4.69) is 12.2 Å². The Morgan fingerprint density at radius 1 is 1.00 bits per heavy atom. The minimum Gasteiger partial charge on any atom is -0.325 e. The average Bonchev–Trinajstić information content (AvgIpc) is 2.67. The number of hydrogen-bond acceptors (Lipinski definition) is 4. The van der Waals surface area contributed by atoms with Crippen molar-refractivity contribution in [3.05, 3.63) is 59.7 Å². The van der Waals surface area contributed by atoms with Crippen LogP contribution in [0.15, 0.2) is 53.4 Å². The number of benzene rings is 2. The Bertz CT molecular complexity index is 920. The molecule has 6 nitrogen and oxygen atoms in total. The number of sulfonamides is 1. The van der Waals surface area contributed by atoms with Crippen molar-refractivity contribution in [3.63, 3.8) is 0 Å². The van der Waals surface area contributed by atoms with Crippen LogP contribution in [-0.4, -0.2) is 38.0 Å². The lowest BCUT2D eigenvalue weighted by Gasteiger charge is -2.17. The molecule has 2 rings (SSSR count). The van der Waals surface area contributed by atoms with E-state index in [1.165, 1.54) is 43.8 Å². The number of amides is 1. The number of Topliss-reactive ketones (excluding diaryl/α,β-unsaturated/α-hetero) is 1. The van der Waals surface area contributed by atoms with Crippen molar-refractivity contribution in [2.45, 2.75) is 38.0 Å². The van der Waals surface area contributed by atoms with E-state index in [0.29, 0.717) is 11.3 Å². The number of unbranched alkanes of at least 4 members (excludes halogenated alkanes) is 1. The van der Waals surface area contributed by atoms with Crippen LogP contribution in [0.2, 0.25) is 0 Å². The molecule has 0 saturated carbocycles. The molecule has 0 aromatic heterocycles. The maximum absolute atomic E-state index is 12.6. The minimum absolute atomic E-state index is 0.0353. The van der Waals surface area contributed by atoms with Gasteiger partial charge in [-0.2, -0.15) is 4.31 Å². The normalized spacial score (nSPS) is 11.4. The molecule has 2 aromatic carbocycles. The maximum atomic E-state index is 12.6. The van der Waals surface area contributed by atoms with Crippen LogP contribution >= 0.6 is 0 Å². The van der Waals surface area contributed by atoms with Gasteiger partial charge < -0.3 is 5.32 Å². The van der Waals surface area contributed by atoms with E-state index in [1.54, 1.807) is 0 Å². The Morgan fingerprint density at radius 3 is 2.14 bits per heavy atom. The van der Waals surface area contributed by atoms with Gasteiger partial charge >= 0.3 is 0 Å². The first-order valence-corrected chi connectivity index (χ1v) is 10.6. The molecule has 0 atom stereocenters. The van der Waals surface area contributed by atoms with Gasteiger partial charge in [-0.1, -0.05) is 37.6 Å². The van der Waals surface area contributed by atoms with Crippen LogP contribution in [0.3, 0.4) is 0 Å². The first-order valence-electron chi connectivity index (χ1n) is 9.20. The van der Waals surface area contributed by atoms with Crippen LogP contribution in [0, 0.1) is 0 Å². The van der Waals surface area contributed by atoms with E-state index < -0.39 is 15.9 Å². The highest BCUT2D eigenvalue weighted by molar-refractivity contribution is 7.89. The molecule has 0 bridgehead atoms. The molecule has 1 amide bonds. The number of ketones is 1. The van der Waals surface area contributed by atoms with Crippen molar-refractivity contribution in [3.8, 4) is 0 Å². The number of hydrogen-bond donors (Lipinski definition) is 1. The Morgan fingerprint density at radius 2 is 1.61 bits per heavy atom. The van der Waals surface area contributed by atoms with Crippen LogP contribution in [-0.2, 0) is 21.2 Å². The molecular weight excluding hydrogens is 376 g/mol. The van der Waals surface area contributed by atoms with Gasteiger partial charge in [-0.25, -0.2) is 8.42 Å². The second-order valence-corrected chi connectivity index (χ2v) is 8.74. The van der Waals surface area contributed by atoms with Gasteiger partial charge in [0, 0.05) is 18.3 Å². The monoisotopic (exact) mass is 402 g/mol. The highest BCUT2D eigenvalue weighted by atomic mass is 32.2. The van der Waals surface area contributed by atoms with Crippen LogP contribution in [0.4, 0.5) is 5.69 Å². The molecule has 28 heavy (non-hydrogen) atoms. The number of anilines is 1. The molecule has 0 unspecified atom stereocenters. The summed E-state index contributed by atoms with van der Waals surface area (Å²) in [5.74, 6) is -0.565. The molecule has 0 heterocycles. The lowest BCUT2D eigenvalue weighted by molar-refractivity contribution is -0.116. The van der Waals surface area contributed by atoms with E-state index in [0.717, 1.165) is 23.6 Å². The fraction of sp³-hybridized carbons (Fsp3) is 0.333. The number of carbonyl (C=O) groups is 2. The molecule has 0 spiro atoms. The number of likely N-dealkylation sites (N-methyl/N-ethyl adjacent to an activating group) is 1. The Labute approximate surface area is 166 Å². The minimum atomic E-state index is -3.82. The van der Waals surface area contributed by atoms with Crippen LogP contribution < -0.4 is 5.32 Å². The van der Waals surface area contributed by atoms with Gasteiger partial charge in [0.1, 0.15) is 0 Å². The summed E-state index contributed by atoms with van der Waals surface area (Å²) < 4.78 is 26.2. The third-order valence-corrected chi connectivity index (χ3v) is 6.21. The molecule has 0 aliphatic heterocycles. The van der Waals surface area contributed by atoms with Crippen molar-refractivity contribution >= 4 is 27.4 Å². The Balaban J connectivity index is 1.99. The quantitative estimate of drug-likeness (QED) is 0.651. The first-order chi connectivity index (χ1) is 13.2. The van der Waals surface area contributed by atoms with Gasteiger partial charge in [0.25, 0.3) is 0 Å². The zero-order chi connectivity index (χ0) is 20.7. The second kappa shape index (κ2) is 9.61. The second-order valence-electron chi connectivity index (χ2n) is 6.69. The highest BCUT2D eigenvalue weighted by Crippen LogP contribution is 2.16. The van der Waals surface area contributed by atoms with Crippen molar-refractivity contribution in [1.29, 1.82) is 0 Å². The number of rotatable bonds is 9. The fourth-order valence-corrected chi connectivity index (χ4v) is 3.79. The topological polar surface area (TPSA) is 83.6 Å². The summed E-state index contributed by atoms with van der Waals surface area (Å²) in [5, 5.41) is 2.71. The van der Waals surface area contributed by atoms with Gasteiger partial charge in [-0.15, -0.1) is 0 Å². The molecule has 1 N–H and O–H groups in total. The summed E-state index contributed by atoms with van der Waals surface area (Å²) in [4.78, 5) is 23.6. The summed E-state index contributed by atoms with van der Waals surface area (Å²) >= 11 is 0. The number of nitrogens with one attached hydrogen (secondary N) is 1. The van der Waals surface area contributed by atoms with Gasteiger partial charge in [-0.3, -0.25) is 9.59 Å². The summed E-state index contributed by atoms with van der Waals surface area (Å²) in [5.41, 5.74) is 2.26. The fourth-order valence-electron chi connectivity index (χ4n) is 2.66. The lowest BCUT2D eigenvalue weighted by Crippen LogP contribution is -2.35. The van der Waals surface area contributed by atoms with Crippen molar-refractivity contribution < 1.29 is 18.0 Å². The zero-order valence-electron chi connectivity index (χ0n) is 16.4. The van der Waals surface area contributed by atoms with Crippen molar-refractivity contribution in [2.75, 3.05) is 18.9 Å². The molecule has 7 heteroatoms. The third kappa shape index (κ3) is 5.74. The molecule has 0 fully saturated rings. The van der Waals surface area contributed by atoms with Gasteiger partial charge in [0.15, 0.2) is 5.78 Å². The zero-order valence-corrected chi connectivity index (χ0v) is 17.3. The summed E-state index contributed by atoms with van der Waals surface area (Å²) in [6.45, 7) is 3.24. The lowest BCUT2D eigenvalue weighted by atomic mass is 10.1. The van der Waals surface area contributed by atoms with Gasteiger partial charge in [-0.05, 0) is 49.6 Å². The molecule has 0 radical (unpaired) electrons. The first kappa shape index (κ1) is 21.8. The SMILES string of the molecule is CCCCc1ccc(NC(=O)CN(C)S(=O)(=O)c2ccc(C(C)=O)cc2)cc1. The number of carbonyl (C=O) groups excluding carboxylic acids is 2. The van der Waals surface area contributed by atoms with Crippen LogP contribution in [0.25, 0.3) is 0 Å². The predicted molar refractivity (Wildman–Crippen MR) is 110 cm³/mol. The highest BCUT2D eigenvalue weighted by Gasteiger charge is 2.23. The standard InChI is InChI=1S/C21H26N2O4S/c1-4-5-6-17-7-11-19(12-8-17)22-21(25)15-23(3)28(26,27)20-13-9-18(10-14-20)16(2)24/h7-14H,4-6,15H2,1-3H3,(H,22,25). The average molecular weight is 403 g/mol. The van der Waals surface area contributed by atoms with E-state index in [9.17, 15) is 18.0 Å². The van der Waals surface area contributed by atoms with Crippen molar-refractivity contribution in [1.82, 2.24) is 4.31 Å². The summed E-state index contributed by atoms with van der Waals surface area (Å²) in [6.07, 6.45) is 3.23. The Kier molecular flexibility index (Phi) is 7.48. The van der Waals surface area contributed by atoms with Gasteiger partial charge in [0.2, 0.25) is 15.9 Å². The van der Waals surface area contributed by atoms with Crippen LogP contribution in [0.5, 0.6) is 0 Å². The molecular formula is C21H26N2O4S. The predicted octanol–water partition coefficient (Wildman–Crippen LogP) is 3.49. The van der Waals surface area contributed by atoms with E-state index in [-0.39, 0.29) is 17.2 Å². The molecule has 2 aromatic rings. The summed E-state index contributed by atoms with van der Waals surface area (Å²) in [6, 6.07) is 13.2. The van der Waals surface area contributed by atoms with Gasteiger partial charge in [0.05, 0.1) is 11.4 Å². The van der Waals surface area contributed by atoms with E-state index in [1.807, 2.05) is 24.3 Å².